The van der Waals surface area contributed by atoms with Crippen LogP contribution in [0.4, 0.5) is 0 Å². The Hall–Kier alpha value is -1.92. The monoisotopic (exact) mass is 309 g/mol. The summed E-state index contributed by atoms with van der Waals surface area (Å²) in [6.07, 6.45) is 0.529. The summed E-state index contributed by atoms with van der Waals surface area (Å²) in [5.74, 6) is -0.497. The number of methoxy groups -OCH3 is 2. The van der Waals surface area contributed by atoms with E-state index < -0.39 is 5.97 Å². The smallest absolute Gasteiger partial charge is 0.360 e. The molecule has 0 aliphatic carbocycles. The van der Waals surface area contributed by atoms with E-state index in [1.807, 2.05) is 24.3 Å². The quantitative estimate of drug-likeness (QED) is 0.763. The van der Waals surface area contributed by atoms with Crippen molar-refractivity contribution in [3.05, 3.63) is 46.2 Å². The molecule has 1 aromatic carbocycles. The molecule has 0 aliphatic heterocycles. The predicted molar refractivity (Wildman–Crippen MR) is 77.5 cm³/mol. The molecule has 1 aromatic heterocycles. The van der Waals surface area contributed by atoms with Crippen LogP contribution in [0, 0.1) is 0 Å². The highest BCUT2D eigenvalue weighted by Gasteiger charge is 2.20. The molecule has 0 N–H and O–H groups in total. The lowest BCUT2D eigenvalue weighted by molar-refractivity contribution is 0.0592. The van der Waals surface area contributed by atoms with E-state index in [1.165, 1.54) is 7.11 Å². The van der Waals surface area contributed by atoms with Crippen LogP contribution < -0.4 is 0 Å². The highest BCUT2D eigenvalue weighted by atomic mass is 35.5. The number of nitrogens with zero attached hydrogens (tertiary/aromatic N) is 3. The molecule has 1 heterocycles. The summed E-state index contributed by atoms with van der Waals surface area (Å²) in [4.78, 5) is 11.7. The number of halogens is 1. The van der Waals surface area contributed by atoms with Gasteiger partial charge in [-0.15, -0.1) is 5.10 Å². The van der Waals surface area contributed by atoms with Crippen molar-refractivity contribution in [2.24, 2.45) is 0 Å². The van der Waals surface area contributed by atoms with Crippen LogP contribution >= 0.6 is 11.6 Å². The zero-order valence-electron chi connectivity index (χ0n) is 11.9. The zero-order valence-corrected chi connectivity index (χ0v) is 12.6. The van der Waals surface area contributed by atoms with Crippen molar-refractivity contribution >= 4 is 17.6 Å². The molecule has 0 amide bonds. The summed E-state index contributed by atoms with van der Waals surface area (Å²) in [6, 6.07) is 7.43. The molecule has 0 aliphatic rings. The van der Waals surface area contributed by atoms with Crippen molar-refractivity contribution in [1.29, 1.82) is 0 Å². The Morgan fingerprint density at radius 3 is 2.62 bits per heavy atom. The van der Waals surface area contributed by atoms with Gasteiger partial charge in [-0.25, -0.2) is 9.48 Å². The molecule has 2 aromatic rings. The van der Waals surface area contributed by atoms with Gasteiger partial charge in [0.05, 0.1) is 26.0 Å². The standard InChI is InChI=1S/C14H16ClN3O3/c1-20-8-7-12-13(14(19)21-2)16-17-18(12)9-10-3-5-11(15)6-4-10/h3-6H,7-9H2,1-2H3. The van der Waals surface area contributed by atoms with Crippen LogP contribution in [0.1, 0.15) is 21.7 Å². The minimum absolute atomic E-state index is 0.225. The van der Waals surface area contributed by atoms with Crippen molar-refractivity contribution in [3.63, 3.8) is 0 Å². The average Bonchev–Trinajstić information content (AvgIpc) is 2.89. The first-order valence-electron chi connectivity index (χ1n) is 6.39. The third kappa shape index (κ3) is 3.80. The zero-order chi connectivity index (χ0) is 15.2. The third-order valence-electron chi connectivity index (χ3n) is 3.00. The van der Waals surface area contributed by atoms with Gasteiger partial charge < -0.3 is 9.47 Å². The van der Waals surface area contributed by atoms with Crippen LogP contribution in [0.3, 0.4) is 0 Å². The Balaban J connectivity index is 2.27. The molecular formula is C14H16ClN3O3. The average molecular weight is 310 g/mol. The number of rotatable bonds is 6. The Labute approximate surface area is 127 Å². The summed E-state index contributed by atoms with van der Waals surface area (Å²) < 4.78 is 11.5. The molecule has 6 nitrogen and oxygen atoms in total. The molecule has 0 radical (unpaired) electrons. The minimum atomic E-state index is -0.497. The molecule has 0 unspecified atom stereocenters. The van der Waals surface area contributed by atoms with Gasteiger partial charge in [-0.05, 0) is 17.7 Å². The lowest BCUT2D eigenvalue weighted by atomic mass is 10.2. The fraction of sp³-hybridized carbons (Fsp3) is 0.357. The number of hydrogen-bond acceptors (Lipinski definition) is 5. The number of ether oxygens (including phenoxy) is 2. The van der Waals surface area contributed by atoms with Gasteiger partial charge >= 0.3 is 5.97 Å². The molecule has 0 spiro atoms. The highest BCUT2D eigenvalue weighted by molar-refractivity contribution is 6.30. The highest BCUT2D eigenvalue weighted by Crippen LogP contribution is 2.14. The van der Waals surface area contributed by atoms with Crippen molar-refractivity contribution in [2.75, 3.05) is 20.8 Å². The molecule has 0 saturated carbocycles. The van der Waals surface area contributed by atoms with Crippen molar-refractivity contribution in [2.45, 2.75) is 13.0 Å². The predicted octanol–water partition coefficient (Wildman–Crippen LogP) is 1.96. The Morgan fingerprint density at radius 1 is 1.29 bits per heavy atom. The van der Waals surface area contributed by atoms with Gasteiger partial charge in [0, 0.05) is 18.6 Å². The molecule has 0 bridgehead atoms. The van der Waals surface area contributed by atoms with Gasteiger partial charge in [-0.1, -0.05) is 28.9 Å². The number of carbonyl (C=O) groups is 1. The second-order valence-electron chi connectivity index (χ2n) is 4.40. The van der Waals surface area contributed by atoms with Gasteiger partial charge in [0.2, 0.25) is 0 Å². The van der Waals surface area contributed by atoms with Gasteiger partial charge in [0.1, 0.15) is 0 Å². The maximum Gasteiger partial charge on any atom is 0.360 e. The molecular weight excluding hydrogens is 294 g/mol. The Bertz CT molecular complexity index is 610. The van der Waals surface area contributed by atoms with E-state index in [1.54, 1.807) is 11.8 Å². The van der Waals surface area contributed by atoms with Crippen LogP contribution in [-0.4, -0.2) is 41.8 Å². The largest absolute Gasteiger partial charge is 0.464 e. The maximum atomic E-state index is 11.7. The van der Waals surface area contributed by atoms with Crippen molar-refractivity contribution in [3.8, 4) is 0 Å². The van der Waals surface area contributed by atoms with Crippen LogP contribution in [0.25, 0.3) is 0 Å². The van der Waals surface area contributed by atoms with Crippen LogP contribution in [0.15, 0.2) is 24.3 Å². The molecule has 112 valence electrons. The summed E-state index contributed by atoms with van der Waals surface area (Å²) in [5.41, 5.74) is 1.93. The van der Waals surface area contributed by atoms with Gasteiger partial charge in [0.25, 0.3) is 0 Å². The van der Waals surface area contributed by atoms with E-state index in [4.69, 9.17) is 21.1 Å². The molecule has 0 saturated heterocycles. The fourth-order valence-corrected chi connectivity index (χ4v) is 2.05. The van der Waals surface area contributed by atoms with E-state index in [0.717, 1.165) is 5.56 Å². The third-order valence-corrected chi connectivity index (χ3v) is 3.26. The maximum absolute atomic E-state index is 11.7. The molecule has 2 rings (SSSR count). The lowest BCUT2D eigenvalue weighted by Gasteiger charge is -2.07. The molecule has 0 fully saturated rings. The summed E-state index contributed by atoms with van der Waals surface area (Å²) in [5, 5.41) is 8.62. The van der Waals surface area contributed by atoms with E-state index >= 15 is 0 Å². The van der Waals surface area contributed by atoms with Gasteiger partial charge in [0.15, 0.2) is 5.69 Å². The lowest BCUT2D eigenvalue weighted by Crippen LogP contribution is -2.12. The van der Waals surface area contributed by atoms with Crippen LogP contribution in [0.5, 0.6) is 0 Å². The molecule has 0 atom stereocenters. The number of hydrogen-bond donors (Lipinski definition) is 0. The normalized spacial score (nSPS) is 10.6. The van der Waals surface area contributed by atoms with E-state index in [2.05, 4.69) is 10.3 Å². The number of aromatic nitrogens is 3. The fourth-order valence-electron chi connectivity index (χ4n) is 1.92. The summed E-state index contributed by atoms with van der Waals surface area (Å²) in [6.45, 7) is 0.970. The first-order chi connectivity index (χ1) is 10.2. The molecule has 7 heteroatoms. The topological polar surface area (TPSA) is 66.2 Å². The van der Waals surface area contributed by atoms with E-state index in [9.17, 15) is 4.79 Å². The number of esters is 1. The Kier molecular flexibility index (Phi) is 5.30. The van der Waals surface area contributed by atoms with Crippen LogP contribution in [0.2, 0.25) is 5.02 Å². The second-order valence-corrected chi connectivity index (χ2v) is 4.84. The first kappa shape index (κ1) is 15.5. The van der Waals surface area contributed by atoms with Crippen molar-refractivity contribution < 1.29 is 14.3 Å². The SMILES string of the molecule is COCCc1c(C(=O)OC)nnn1Cc1ccc(Cl)cc1. The van der Waals surface area contributed by atoms with E-state index in [0.29, 0.717) is 30.3 Å². The summed E-state index contributed by atoms with van der Waals surface area (Å²) >= 11 is 5.87. The van der Waals surface area contributed by atoms with Gasteiger partial charge in [-0.2, -0.15) is 0 Å². The minimum Gasteiger partial charge on any atom is -0.464 e. The Morgan fingerprint density at radius 2 is 2.00 bits per heavy atom. The second kappa shape index (κ2) is 7.19. The summed E-state index contributed by atoms with van der Waals surface area (Å²) in [7, 11) is 2.92. The van der Waals surface area contributed by atoms with Gasteiger partial charge in [-0.3, -0.25) is 0 Å². The van der Waals surface area contributed by atoms with Crippen molar-refractivity contribution in [1.82, 2.24) is 15.0 Å². The van der Waals surface area contributed by atoms with E-state index in [-0.39, 0.29) is 5.69 Å². The molecule has 21 heavy (non-hydrogen) atoms. The van der Waals surface area contributed by atoms with Crippen LogP contribution in [-0.2, 0) is 22.4 Å². The number of benzene rings is 1. The number of carbonyl (C=O) groups excluding carboxylic acids is 1. The first-order valence-corrected chi connectivity index (χ1v) is 6.77.